The number of ether oxygens (including phenoxy) is 1. The van der Waals surface area contributed by atoms with Crippen molar-refractivity contribution in [3.63, 3.8) is 0 Å². The molecule has 0 bridgehead atoms. The third kappa shape index (κ3) is 3.86. The van der Waals surface area contributed by atoms with E-state index < -0.39 is 49.0 Å². The molecular formula is C12H10F5N3O3. The van der Waals surface area contributed by atoms with E-state index in [1.54, 1.807) is 0 Å². The van der Waals surface area contributed by atoms with E-state index in [1.165, 1.54) is 0 Å². The Balaban J connectivity index is 2.37. The van der Waals surface area contributed by atoms with Gasteiger partial charge in [0.25, 0.3) is 0 Å². The SMILES string of the molecule is NC1CN(C(=O)OCC(F)(F)F)c2cc(F)c(F)cc2NC1=O. The molecule has 0 radical (unpaired) electrons. The van der Waals surface area contributed by atoms with Crippen molar-refractivity contribution in [1.82, 2.24) is 0 Å². The number of hydrogen-bond acceptors (Lipinski definition) is 4. The third-order valence-corrected chi connectivity index (χ3v) is 2.88. The molecule has 6 nitrogen and oxygen atoms in total. The van der Waals surface area contributed by atoms with Gasteiger partial charge >= 0.3 is 12.3 Å². The lowest BCUT2D eigenvalue weighted by molar-refractivity contribution is -0.159. The second-order valence-corrected chi connectivity index (χ2v) is 4.66. The van der Waals surface area contributed by atoms with E-state index in [0.29, 0.717) is 17.0 Å². The van der Waals surface area contributed by atoms with E-state index >= 15 is 0 Å². The van der Waals surface area contributed by atoms with Gasteiger partial charge in [0.05, 0.1) is 17.9 Å². The van der Waals surface area contributed by atoms with Crippen molar-refractivity contribution in [2.45, 2.75) is 12.2 Å². The molecule has 1 heterocycles. The molecule has 1 unspecified atom stereocenters. The monoisotopic (exact) mass is 339 g/mol. The molecule has 2 amide bonds. The van der Waals surface area contributed by atoms with Crippen LogP contribution in [0.25, 0.3) is 0 Å². The van der Waals surface area contributed by atoms with Crippen LogP contribution in [0.1, 0.15) is 0 Å². The maximum absolute atomic E-state index is 13.4. The van der Waals surface area contributed by atoms with E-state index in [1.807, 2.05) is 0 Å². The van der Waals surface area contributed by atoms with Crippen molar-refractivity contribution in [2.24, 2.45) is 5.73 Å². The van der Waals surface area contributed by atoms with Crippen molar-refractivity contribution < 1.29 is 36.3 Å². The number of benzene rings is 1. The summed E-state index contributed by atoms with van der Waals surface area (Å²) in [7, 11) is 0. The van der Waals surface area contributed by atoms with Crippen LogP contribution in [0.2, 0.25) is 0 Å². The number of carbonyl (C=O) groups is 2. The smallest absolute Gasteiger partial charge is 0.422 e. The van der Waals surface area contributed by atoms with Crippen molar-refractivity contribution in [3.8, 4) is 0 Å². The number of rotatable bonds is 1. The number of alkyl halides is 3. The Morgan fingerprint density at radius 1 is 1.35 bits per heavy atom. The highest BCUT2D eigenvalue weighted by Gasteiger charge is 2.34. The zero-order chi connectivity index (χ0) is 17.4. The van der Waals surface area contributed by atoms with Gasteiger partial charge in [0.1, 0.15) is 6.04 Å². The first-order valence-electron chi connectivity index (χ1n) is 6.15. The molecule has 1 aliphatic rings. The van der Waals surface area contributed by atoms with Gasteiger partial charge in [-0.1, -0.05) is 0 Å². The highest BCUT2D eigenvalue weighted by Crippen LogP contribution is 2.31. The Morgan fingerprint density at radius 2 is 1.96 bits per heavy atom. The Bertz CT molecular complexity index is 650. The minimum absolute atomic E-state index is 0.314. The number of anilines is 2. The Morgan fingerprint density at radius 3 is 2.57 bits per heavy atom. The van der Waals surface area contributed by atoms with Crippen LogP contribution in [0.15, 0.2) is 12.1 Å². The molecule has 1 aromatic rings. The molecule has 0 spiro atoms. The lowest BCUT2D eigenvalue weighted by Gasteiger charge is -2.23. The molecule has 1 aromatic carbocycles. The summed E-state index contributed by atoms with van der Waals surface area (Å²) in [6, 6.07) is -0.186. The van der Waals surface area contributed by atoms with Crippen molar-refractivity contribution in [3.05, 3.63) is 23.8 Å². The first-order valence-corrected chi connectivity index (χ1v) is 6.15. The van der Waals surface area contributed by atoms with Gasteiger partial charge in [-0.2, -0.15) is 13.2 Å². The molecule has 0 saturated carbocycles. The molecule has 0 aliphatic carbocycles. The normalized spacial score (nSPS) is 18.1. The molecule has 0 saturated heterocycles. The van der Waals surface area contributed by atoms with Gasteiger partial charge in [0.15, 0.2) is 18.2 Å². The Kier molecular flexibility index (Phi) is 4.41. The second-order valence-electron chi connectivity index (χ2n) is 4.66. The van der Waals surface area contributed by atoms with Crippen LogP contribution in [-0.4, -0.2) is 37.4 Å². The summed E-state index contributed by atoms with van der Waals surface area (Å²) in [5, 5.41) is 2.16. The van der Waals surface area contributed by atoms with Crippen LogP contribution in [-0.2, 0) is 9.53 Å². The topological polar surface area (TPSA) is 84.7 Å². The lowest BCUT2D eigenvalue weighted by atomic mass is 10.2. The minimum atomic E-state index is -4.77. The number of halogens is 5. The van der Waals surface area contributed by atoms with E-state index in [2.05, 4.69) is 10.1 Å². The molecule has 23 heavy (non-hydrogen) atoms. The summed E-state index contributed by atoms with van der Waals surface area (Å²) in [6.45, 7) is -2.45. The third-order valence-electron chi connectivity index (χ3n) is 2.88. The molecule has 2 rings (SSSR count). The number of hydrogen-bond donors (Lipinski definition) is 2. The molecule has 1 aliphatic heterocycles. The average Bonchev–Trinajstić information content (AvgIpc) is 2.55. The summed E-state index contributed by atoms with van der Waals surface area (Å²) in [6.07, 6.45) is -6.27. The van der Waals surface area contributed by atoms with Gasteiger partial charge in [-0.05, 0) is 0 Å². The maximum atomic E-state index is 13.4. The van der Waals surface area contributed by atoms with Gasteiger partial charge < -0.3 is 15.8 Å². The first-order chi connectivity index (χ1) is 10.6. The predicted octanol–water partition coefficient (Wildman–Crippen LogP) is 1.75. The van der Waals surface area contributed by atoms with Crippen LogP contribution in [0.4, 0.5) is 38.1 Å². The molecule has 1 atom stereocenters. The summed E-state index contributed by atoms with van der Waals surface area (Å²) in [5.41, 5.74) is 4.80. The van der Waals surface area contributed by atoms with Crippen molar-refractivity contribution in [2.75, 3.05) is 23.4 Å². The Hall–Kier alpha value is -2.43. The number of amides is 2. The van der Waals surface area contributed by atoms with Crippen LogP contribution in [0.3, 0.4) is 0 Å². The molecule has 3 N–H and O–H groups in total. The van der Waals surface area contributed by atoms with Gasteiger partial charge in [-0.15, -0.1) is 0 Å². The van der Waals surface area contributed by atoms with Crippen molar-refractivity contribution in [1.29, 1.82) is 0 Å². The largest absolute Gasteiger partial charge is 0.439 e. The van der Waals surface area contributed by atoms with E-state index in [4.69, 9.17) is 5.73 Å². The molecular weight excluding hydrogens is 329 g/mol. The van der Waals surface area contributed by atoms with Crippen LogP contribution < -0.4 is 16.0 Å². The average molecular weight is 339 g/mol. The molecule has 0 aromatic heterocycles. The van der Waals surface area contributed by atoms with E-state index in [0.717, 1.165) is 0 Å². The lowest BCUT2D eigenvalue weighted by Crippen LogP contribution is -2.45. The van der Waals surface area contributed by atoms with Gasteiger partial charge in [-0.3, -0.25) is 9.69 Å². The summed E-state index contributed by atoms with van der Waals surface area (Å²) >= 11 is 0. The van der Waals surface area contributed by atoms with Crippen LogP contribution in [0, 0.1) is 11.6 Å². The standard InChI is InChI=1S/C12H10F5N3O3/c13-5-1-8-9(2-6(5)14)20(3-7(18)10(21)19-8)11(22)23-4-12(15,16)17/h1-2,7H,3-4,18H2,(H,19,21). The zero-order valence-electron chi connectivity index (χ0n) is 11.3. The zero-order valence-corrected chi connectivity index (χ0v) is 11.3. The number of carbonyl (C=O) groups excluding carboxylic acids is 2. The predicted molar refractivity (Wildman–Crippen MR) is 67.7 cm³/mol. The van der Waals surface area contributed by atoms with Crippen LogP contribution in [0.5, 0.6) is 0 Å². The quantitative estimate of drug-likeness (QED) is 0.764. The fraction of sp³-hybridized carbons (Fsp3) is 0.333. The van der Waals surface area contributed by atoms with Crippen molar-refractivity contribution >= 4 is 23.4 Å². The van der Waals surface area contributed by atoms with E-state index in [9.17, 15) is 31.5 Å². The summed E-state index contributed by atoms with van der Waals surface area (Å²) in [4.78, 5) is 24.0. The van der Waals surface area contributed by atoms with Gasteiger partial charge in [-0.25, -0.2) is 13.6 Å². The Labute approximate surface area is 126 Å². The van der Waals surface area contributed by atoms with Gasteiger partial charge in [0, 0.05) is 12.1 Å². The molecule has 126 valence electrons. The number of nitrogens with one attached hydrogen (secondary N) is 1. The summed E-state index contributed by atoms with van der Waals surface area (Å²) < 4.78 is 67.0. The fourth-order valence-electron chi connectivity index (χ4n) is 1.86. The number of nitrogens with two attached hydrogens (primary N) is 1. The second kappa shape index (κ2) is 5.99. The highest BCUT2D eigenvalue weighted by atomic mass is 19.4. The maximum Gasteiger partial charge on any atom is 0.422 e. The fourth-order valence-corrected chi connectivity index (χ4v) is 1.86. The molecule has 11 heteroatoms. The number of fused-ring (bicyclic) bond motifs is 1. The first kappa shape index (κ1) is 16.9. The number of nitrogens with zero attached hydrogens (tertiary/aromatic N) is 1. The van der Waals surface area contributed by atoms with Crippen LogP contribution >= 0.6 is 0 Å². The van der Waals surface area contributed by atoms with E-state index in [-0.39, 0.29) is 11.4 Å². The van der Waals surface area contributed by atoms with Gasteiger partial charge in [0.2, 0.25) is 5.91 Å². The highest BCUT2D eigenvalue weighted by molar-refractivity contribution is 6.04. The minimum Gasteiger partial charge on any atom is -0.439 e. The molecule has 0 fully saturated rings. The summed E-state index contributed by atoms with van der Waals surface area (Å²) in [5.74, 6) is -3.49.